The van der Waals surface area contributed by atoms with Gasteiger partial charge < -0.3 is 21.2 Å². The van der Waals surface area contributed by atoms with Crippen molar-refractivity contribution < 1.29 is 13.5 Å². The molecule has 0 unspecified atom stereocenters. The maximum atomic E-state index is 13.7. The normalized spacial score (nSPS) is 11.0. The molecule has 6 aromatic heterocycles. The number of nitrogens with two attached hydrogens (primary N) is 2. The number of nitrogen functional groups attached to an aromatic ring is 2. The molecule has 0 aliphatic rings. The number of methoxy groups -OCH3 is 1. The number of pyridine rings is 2. The summed E-state index contributed by atoms with van der Waals surface area (Å²) in [5, 5.41) is 0. The molecule has 0 radical (unpaired) electrons. The molecule has 6 heterocycles. The number of hydrogen-bond donors (Lipinski definition) is 3. The van der Waals surface area contributed by atoms with Gasteiger partial charge >= 0.3 is 0 Å². The van der Waals surface area contributed by atoms with Crippen molar-refractivity contribution in [1.82, 2.24) is 38.7 Å². The van der Waals surface area contributed by atoms with E-state index in [-0.39, 0.29) is 28.8 Å². The summed E-state index contributed by atoms with van der Waals surface area (Å²) in [6, 6.07) is 19.1. The quantitative estimate of drug-likeness (QED) is 0.212. The van der Waals surface area contributed by atoms with Crippen LogP contribution in [0.4, 0.5) is 20.4 Å². The molecule has 12 nitrogen and oxygen atoms in total. The minimum atomic E-state index is -0.369. The Morgan fingerprint density at radius 1 is 0.694 bits per heavy atom. The van der Waals surface area contributed by atoms with Gasteiger partial charge in [-0.1, -0.05) is 24.3 Å². The van der Waals surface area contributed by atoms with Crippen molar-refractivity contribution in [2.24, 2.45) is 0 Å². The Hall–Kier alpha value is -6.96. The third-order valence-corrected chi connectivity index (χ3v) is 7.61. The van der Waals surface area contributed by atoms with E-state index in [9.17, 15) is 13.6 Å². The highest BCUT2D eigenvalue weighted by molar-refractivity contribution is 5.84. The van der Waals surface area contributed by atoms with Gasteiger partial charge in [-0.3, -0.25) is 13.6 Å². The average molecular weight is 657 g/mol. The molecule has 242 valence electrons. The maximum Gasteiger partial charge on any atom is 0.247 e. The van der Waals surface area contributed by atoms with Gasteiger partial charge in [-0.15, -0.1) is 0 Å². The molecular weight excluding hydrogens is 630 g/mol. The second-order valence-electron chi connectivity index (χ2n) is 10.7. The lowest BCUT2D eigenvalue weighted by molar-refractivity contribution is 0.398. The average Bonchev–Trinajstić information content (AvgIpc) is 3.81. The Bertz CT molecular complexity index is 2510. The first-order chi connectivity index (χ1) is 23.8. The molecule has 0 fully saturated rings. The lowest BCUT2D eigenvalue weighted by Crippen LogP contribution is -2.06. The minimum Gasteiger partial charge on any atom is -0.481 e. The van der Waals surface area contributed by atoms with E-state index >= 15 is 0 Å². The highest BCUT2D eigenvalue weighted by Gasteiger charge is 2.19. The van der Waals surface area contributed by atoms with Crippen LogP contribution in [-0.4, -0.2) is 45.8 Å². The van der Waals surface area contributed by atoms with Crippen LogP contribution in [-0.2, 0) is 0 Å². The van der Waals surface area contributed by atoms with E-state index in [1.807, 2.05) is 10.5 Å². The summed E-state index contributed by atoms with van der Waals surface area (Å²) in [6.07, 6.45) is 10.0. The Morgan fingerprint density at radius 3 is 1.71 bits per heavy atom. The van der Waals surface area contributed by atoms with Gasteiger partial charge in [0.25, 0.3) is 0 Å². The predicted octanol–water partition coefficient (Wildman–Crippen LogP) is 5.66. The first-order valence-corrected chi connectivity index (χ1v) is 14.8. The molecule has 5 N–H and O–H groups in total. The molecule has 0 atom stereocenters. The van der Waals surface area contributed by atoms with Gasteiger partial charge in [-0.05, 0) is 36.4 Å². The monoisotopic (exact) mass is 656 g/mol. The second-order valence-corrected chi connectivity index (χ2v) is 10.7. The summed E-state index contributed by atoms with van der Waals surface area (Å²) >= 11 is 0. The van der Waals surface area contributed by atoms with E-state index in [2.05, 4.69) is 29.9 Å². The molecule has 0 bridgehead atoms. The topological polar surface area (TPSA) is 167 Å². The molecule has 0 saturated heterocycles. The summed E-state index contributed by atoms with van der Waals surface area (Å²) in [7, 11) is 1.55. The number of fused-ring (bicyclic) bond motifs is 2. The van der Waals surface area contributed by atoms with Gasteiger partial charge in [-0.25, -0.2) is 33.7 Å². The Kier molecular flexibility index (Phi) is 7.94. The second kappa shape index (κ2) is 12.7. The molecule has 0 aliphatic carbocycles. The number of aromatic nitrogens is 8. The Morgan fingerprint density at radius 2 is 1.24 bits per heavy atom. The number of imidazole rings is 2. The van der Waals surface area contributed by atoms with E-state index in [4.69, 9.17) is 16.2 Å². The van der Waals surface area contributed by atoms with Crippen molar-refractivity contribution in [2.75, 3.05) is 18.6 Å². The number of ether oxygens (including phenoxy) is 1. The fraction of sp³-hybridized carbons (Fsp3) is 0.0286. The smallest absolute Gasteiger partial charge is 0.247 e. The Labute approximate surface area is 276 Å². The Balaban J connectivity index is 0.000000154. The molecule has 49 heavy (non-hydrogen) atoms. The number of nitrogens with one attached hydrogen (secondary N) is 1. The number of anilines is 2. The molecule has 0 amide bonds. The zero-order valence-corrected chi connectivity index (χ0v) is 25.7. The summed E-state index contributed by atoms with van der Waals surface area (Å²) in [4.78, 5) is 35.6. The van der Waals surface area contributed by atoms with Crippen LogP contribution in [0.2, 0.25) is 0 Å². The predicted molar refractivity (Wildman–Crippen MR) is 181 cm³/mol. The number of benzene rings is 2. The van der Waals surface area contributed by atoms with E-state index in [1.165, 1.54) is 30.3 Å². The summed E-state index contributed by atoms with van der Waals surface area (Å²) in [5.74, 6) is 0.302. The van der Waals surface area contributed by atoms with E-state index in [0.29, 0.717) is 50.9 Å². The van der Waals surface area contributed by atoms with Crippen LogP contribution in [0.25, 0.3) is 56.3 Å². The molecule has 14 heteroatoms. The van der Waals surface area contributed by atoms with Crippen molar-refractivity contribution in [1.29, 1.82) is 0 Å². The van der Waals surface area contributed by atoms with Crippen molar-refractivity contribution in [2.45, 2.75) is 0 Å². The van der Waals surface area contributed by atoms with E-state index in [0.717, 1.165) is 11.3 Å². The number of hydrogen-bond acceptors (Lipinski definition) is 9. The number of aromatic amines is 1. The molecule has 8 aromatic rings. The lowest BCUT2D eigenvalue weighted by atomic mass is 10.0. The minimum absolute atomic E-state index is 0.212. The van der Waals surface area contributed by atoms with E-state index < -0.39 is 0 Å². The van der Waals surface area contributed by atoms with Crippen molar-refractivity contribution in [3.05, 3.63) is 132 Å². The van der Waals surface area contributed by atoms with Crippen molar-refractivity contribution in [3.8, 4) is 50.9 Å². The highest BCUT2D eigenvalue weighted by atomic mass is 19.1. The molecular formula is C35H26F2N10O2. The maximum absolute atomic E-state index is 13.7. The number of H-pyrrole nitrogens is 1. The summed E-state index contributed by atoms with van der Waals surface area (Å²) < 4.78 is 36.1. The van der Waals surface area contributed by atoms with Crippen LogP contribution in [0.5, 0.6) is 5.88 Å². The van der Waals surface area contributed by atoms with Crippen LogP contribution in [0, 0.1) is 11.6 Å². The van der Waals surface area contributed by atoms with Crippen LogP contribution in [0.15, 0.2) is 115 Å². The zero-order chi connectivity index (χ0) is 34.1. The fourth-order valence-electron chi connectivity index (χ4n) is 5.45. The van der Waals surface area contributed by atoms with Crippen molar-refractivity contribution in [3.63, 3.8) is 0 Å². The van der Waals surface area contributed by atoms with Crippen LogP contribution in [0.3, 0.4) is 0 Å². The number of halogens is 2. The molecule has 8 rings (SSSR count). The standard InChI is InChI=1S/C18H14FN5O.C17H12FN5O/c1-25-14-6-5-12(10-22-14)16-15(11-3-2-4-13(19)9-11)23-17(20)18-21-7-8-24(16)18;18-12-3-1-2-10(8-12)14-15(11-4-5-13(24)21-9-11)23-7-6-20-17(23)16(19)22-14/h2-10H,1H3,(H2,20,23);1-9H,(H2,19,22)(H,21,24). The first kappa shape index (κ1) is 30.7. The summed E-state index contributed by atoms with van der Waals surface area (Å²) in [5.41, 5.74) is 18.0. The summed E-state index contributed by atoms with van der Waals surface area (Å²) in [6.45, 7) is 0. The third kappa shape index (κ3) is 5.89. The zero-order valence-electron chi connectivity index (χ0n) is 25.7. The fourth-order valence-corrected chi connectivity index (χ4v) is 5.45. The molecule has 0 spiro atoms. The van der Waals surface area contributed by atoms with Gasteiger partial charge in [0, 0.05) is 71.6 Å². The van der Waals surface area contributed by atoms with Crippen molar-refractivity contribution >= 4 is 22.9 Å². The molecule has 2 aromatic carbocycles. The SMILES string of the molecule is COc1ccc(-c2c(-c3cccc(F)c3)nc(N)c3nccn23)cn1.Nc1nc(-c2cccc(F)c2)c(-c2ccc(=O)[nH]c2)n2ccnc12. The van der Waals surface area contributed by atoms with E-state index in [1.54, 1.807) is 85.1 Å². The number of nitrogens with zero attached hydrogens (tertiary/aromatic N) is 7. The molecule has 0 aliphatic heterocycles. The largest absolute Gasteiger partial charge is 0.481 e. The van der Waals surface area contributed by atoms with Gasteiger partial charge in [0.1, 0.15) is 11.6 Å². The van der Waals surface area contributed by atoms with Crippen LogP contribution >= 0.6 is 0 Å². The van der Waals surface area contributed by atoms with Gasteiger partial charge in [0.15, 0.2) is 22.9 Å². The number of rotatable bonds is 5. The first-order valence-electron chi connectivity index (χ1n) is 14.8. The van der Waals surface area contributed by atoms with Gasteiger partial charge in [-0.2, -0.15) is 0 Å². The van der Waals surface area contributed by atoms with Gasteiger partial charge in [0.05, 0.1) is 29.9 Å². The van der Waals surface area contributed by atoms with Gasteiger partial charge in [0.2, 0.25) is 11.4 Å². The van der Waals surface area contributed by atoms with Crippen LogP contribution < -0.4 is 21.8 Å². The van der Waals surface area contributed by atoms with Crippen LogP contribution in [0.1, 0.15) is 0 Å². The third-order valence-electron chi connectivity index (χ3n) is 7.61. The highest BCUT2D eigenvalue weighted by Crippen LogP contribution is 2.34. The lowest BCUT2D eigenvalue weighted by Gasteiger charge is -2.13. The molecule has 0 saturated carbocycles.